The van der Waals surface area contributed by atoms with E-state index in [0.717, 1.165) is 29.5 Å². The van der Waals surface area contributed by atoms with E-state index in [1.165, 1.54) is 12.5 Å². The molecular weight excluding hydrogens is 471 g/mol. The van der Waals surface area contributed by atoms with Gasteiger partial charge in [-0.05, 0) is 62.3 Å². The summed E-state index contributed by atoms with van der Waals surface area (Å²) in [6, 6.07) is 8.17. The van der Waals surface area contributed by atoms with Crippen molar-refractivity contribution >= 4 is 34.0 Å². The number of aliphatic hydroxyl groups is 2. The number of piperidine rings is 1. The Kier molecular flexibility index (Phi) is 6.48. The molecule has 8 nitrogen and oxygen atoms in total. The molecule has 0 saturated carbocycles. The number of aromatic nitrogens is 3. The molecule has 2 saturated heterocycles. The molecule has 3 N–H and O–H groups in total. The van der Waals surface area contributed by atoms with Gasteiger partial charge in [0, 0.05) is 49.0 Å². The molecular formula is C28H37FN6O2. The molecule has 9 heteroatoms. The summed E-state index contributed by atoms with van der Waals surface area (Å²) in [6.07, 6.45) is 2.89. The lowest BCUT2D eigenvalue weighted by atomic mass is 9.83. The van der Waals surface area contributed by atoms with Crippen LogP contribution in [-0.2, 0) is 0 Å². The van der Waals surface area contributed by atoms with Gasteiger partial charge in [-0.1, -0.05) is 19.9 Å². The number of halogens is 1. The Labute approximate surface area is 217 Å². The summed E-state index contributed by atoms with van der Waals surface area (Å²) < 4.78 is 14.7. The topological polar surface area (TPSA) is 97.6 Å². The van der Waals surface area contributed by atoms with Crippen LogP contribution < -0.4 is 15.1 Å². The summed E-state index contributed by atoms with van der Waals surface area (Å²) in [6.45, 7) is 11.7. The number of pyridine rings is 1. The lowest BCUT2D eigenvalue weighted by Crippen LogP contribution is -2.55. The van der Waals surface area contributed by atoms with Crippen molar-refractivity contribution in [2.45, 2.75) is 64.3 Å². The van der Waals surface area contributed by atoms with Crippen LogP contribution in [0.5, 0.6) is 0 Å². The quantitative estimate of drug-likeness (QED) is 0.451. The highest BCUT2D eigenvalue weighted by Gasteiger charge is 2.40. The number of alkyl halides is 1. The number of nitrogens with one attached hydrogen (secondary N) is 1. The van der Waals surface area contributed by atoms with Crippen LogP contribution >= 0.6 is 0 Å². The number of rotatable bonds is 6. The SMILES string of the molecule is CC(C)c1ccc(N2CC(C(C)(C)O)C2)c2cnc(Nc3ccnc(N4CC[C@@H](O)[C@@](C)(F)C4)n3)cc12. The smallest absolute Gasteiger partial charge is 0.227 e. The minimum absolute atomic E-state index is 0.0389. The molecule has 2 fully saturated rings. The second-order valence-electron chi connectivity index (χ2n) is 11.6. The van der Waals surface area contributed by atoms with Crippen LogP contribution in [0.1, 0.15) is 52.5 Å². The molecule has 5 rings (SSSR count). The van der Waals surface area contributed by atoms with Gasteiger partial charge in [0.05, 0.1) is 18.2 Å². The number of benzene rings is 1. The average molecular weight is 509 g/mol. The van der Waals surface area contributed by atoms with E-state index in [2.05, 4.69) is 52.2 Å². The van der Waals surface area contributed by atoms with Crippen molar-refractivity contribution in [3.63, 3.8) is 0 Å². The molecule has 4 heterocycles. The van der Waals surface area contributed by atoms with E-state index >= 15 is 0 Å². The van der Waals surface area contributed by atoms with Crippen molar-refractivity contribution in [3.05, 3.63) is 42.2 Å². The fourth-order valence-corrected chi connectivity index (χ4v) is 5.23. The van der Waals surface area contributed by atoms with Gasteiger partial charge in [-0.15, -0.1) is 0 Å². The molecule has 37 heavy (non-hydrogen) atoms. The molecule has 0 unspecified atom stereocenters. The summed E-state index contributed by atoms with van der Waals surface area (Å²) >= 11 is 0. The fraction of sp³-hybridized carbons (Fsp3) is 0.536. The summed E-state index contributed by atoms with van der Waals surface area (Å²) in [7, 11) is 0. The van der Waals surface area contributed by atoms with E-state index in [-0.39, 0.29) is 12.5 Å². The van der Waals surface area contributed by atoms with Crippen molar-refractivity contribution in [2.24, 2.45) is 5.92 Å². The van der Waals surface area contributed by atoms with Gasteiger partial charge in [-0.2, -0.15) is 4.98 Å². The second-order valence-corrected chi connectivity index (χ2v) is 11.6. The van der Waals surface area contributed by atoms with Gasteiger partial charge >= 0.3 is 0 Å². The number of hydrogen-bond acceptors (Lipinski definition) is 8. The van der Waals surface area contributed by atoms with Crippen LogP contribution in [0.3, 0.4) is 0 Å². The highest BCUT2D eigenvalue weighted by Crippen LogP contribution is 2.39. The molecule has 3 aromatic rings. The second kappa shape index (κ2) is 9.36. The minimum atomic E-state index is -1.71. The van der Waals surface area contributed by atoms with Crippen LogP contribution in [0.25, 0.3) is 10.8 Å². The minimum Gasteiger partial charge on any atom is -0.390 e. The molecule has 0 bridgehead atoms. The van der Waals surface area contributed by atoms with Gasteiger partial charge in [-0.3, -0.25) is 0 Å². The van der Waals surface area contributed by atoms with Crippen molar-refractivity contribution in [3.8, 4) is 0 Å². The maximum absolute atomic E-state index is 14.7. The first-order valence-corrected chi connectivity index (χ1v) is 13.0. The number of anilines is 4. The van der Waals surface area contributed by atoms with Gasteiger partial charge in [0.25, 0.3) is 0 Å². The zero-order chi connectivity index (χ0) is 26.5. The summed E-state index contributed by atoms with van der Waals surface area (Å²) in [4.78, 5) is 17.7. The lowest BCUT2D eigenvalue weighted by Gasteiger charge is -2.47. The Morgan fingerprint density at radius 2 is 1.86 bits per heavy atom. The monoisotopic (exact) mass is 508 g/mol. The summed E-state index contributed by atoms with van der Waals surface area (Å²) in [5.74, 6) is 2.24. The molecule has 1 aromatic carbocycles. The number of aliphatic hydroxyl groups excluding tert-OH is 1. The maximum Gasteiger partial charge on any atom is 0.227 e. The van der Waals surface area contributed by atoms with E-state index in [9.17, 15) is 14.6 Å². The van der Waals surface area contributed by atoms with Crippen LogP contribution in [0, 0.1) is 5.92 Å². The zero-order valence-corrected chi connectivity index (χ0v) is 22.2. The maximum atomic E-state index is 14.7. The molecule has 0 radical (unpaired) electrons. The Bertz CT molecular complexity index is 1290. The molecule has 2 aliphatic heterocycles. The molecule has 0 spiro atoms. The van der Waals surface area contributed by atoms with E-state index in [0.29, 0.717) is 36.5 Å². The molecule has 2 atom stereocenters. The summed E-state index contributed by atoms with van der Waals surface area (Å²) in [5.41, 5.74) is -0.0300. The van der Waals surface area contributed by atoms with Gasteiger partial charge in [0.1, 0.15) is 11.6 Å². The molecule has 0 amide bonds. The standard InChI is InChI=1S/C28H37FN6O2/c1-17(2)19-6-7-22(35-14-18(15-35)27(3,4)37)21-13-31-25(12-20(19)21)32-24-8-10-30-26(33-24)34-11-9-23(36)28(5,29)16-34/h6-8,10,12-13,17-18,23,36-37H,9,11,14-16H2,1-5H3,(H,30,31,32,33)/t23-,28+/m1/s1. The first kappa shape index (κ1) is 25.6. The highest BCUT2D eigenvalue weighted by molar-refractivity contribution is 5.98. The van der Waals surface area contributed by atoms with Crippen LogP contribution in [-0.4, -0.2) is 68.7 Å². The van der Waals surface area contributed by atoms with Crippen molar-refractivity contribution in [2.75, 3.05) is 41.3 Å². The predicted molar refractivity (Wildman–Crippen MR) is 145 cm³/mol. The highest BCUT2D eigenvalue weighted by atomic mass is 19.1. The third kappa shape index (κ3) is 5.07. The van der Waals surface area contributed by atoms with Crippen LogP contribution in [0.2, 0.25) is 0 Å². The molecule has 0 aliphatic carbocycles. The number of hydrogen-bond donors (Lipinski definition) is 3. The molecule has 2 aromatic heterocycles. The Balaban J connectivity index is 1.41. The summed E-state index contributed by atoms with van der Waals surface area (Å²) in [5, 5.41) is 25.8. The van der Waals surface area contributed by atoms with E-state index in [4.69, 9.17) is 4.98 Å². The number of fused-ring (bicyclic) bond motifs is 1. The largest absolute Gasteiger partial charge is 0.390 e. The zero-order valence-electron chi connectivity index (χ0n) is 22.2. The molecule has 2 aliphatic rings. The van der Waals surface area contributed by atoms with Crippen molar-refractivity contribution in [1.29, 1.82) is 0 Å². The number of nitrogens with zero attached hydrogens (tertiary/aromatic N) is 5. The molecule has 198 valence electrons. The fourth-order valence-electron chi connectivity index (χ4n) is 5.23. The first-order valence-electron chi connectivity index (χ1n) is 13.0. The van der Waals surface area contributed by atoms with Crippen LogP contribution in [0.15, 0.2) is 36.7 Å². The third-order valence-corrected chi connectivity index (χ3v) is 7.80. The normalized spacial score (nSPS) is 23.0. The van der Waals surface area contributed by atoms with Crippen molar-refractivity contribution in [1.82, 2.24) is 15.0 Å². The van der Waals surface area contributed by atoms with Gasteiger partial charge in [-0.25, -0.2) is 14.4 Å². The van der Waals surface area contributed by atoms with E-state index in [1.54, 1.807) is 17.2 Å². The Morgan fingerprint density at radius 1 is 1.11 bits per heavy atom. The Morgan fingerprint density at radius 3 is 2.54 bits per heavy atom. The third-order valence-electron chi connectivity index (χ3n) is 7.80. The average Bonchev–Trinajstić information content (AvgIpc) is 2.79. The van der Waals surface area contributed by atoms with Gasteiger partial charge < -0.3 is 25.3 Å². The van der Waals surface area contributed by atoms with Crippen molar-refractivity contribution < 1.29 is 14.6 Å². The van der Waals surface area contributed by atoms with E-state index < -0.39 is 17.4 Å². The Hall–Kier alpha value is -3.04. The first-order chi connectivity index (χ1) is 17.4. The van der Waals surface area contributed by atoms with E-state index in [1.807, 2.05) is 20.0 Å². The van der Waals surface area contributed by atoms with Gasteiger partial charge in [0.15, 0.2) is 5.67 Å². The van der Waals surface area contributed by atoms with Crippen LogP contribution in [0.4, 0.5) is 27.7 Å². The predicted octanol–water partition coefficient (Wildman–Crippen LogP) is 4.40. The van der Waals surface area contributed by atoms with Gasteiger partial charge in [0.2, 0.25) is 5.95 Å². The lowest BCUT2D eigenvalue weighted by molar-refractivity contribution is -0.00860.